The molecule has 0 aliphatic rings. The van der Waals surface area contributed by atoms with E-state index in [1.54, 1.807) is 17.0 Å². The lowest BCUT2D eigenvalue weighted by Crippen LogP contribution is -2.32. The molecule has 0 fully saturated rings. The predicted octanol–water partition coefficient (Wildman–Crippen LogP) is 5.53. The van der Waals surface area contributed by atoms with Crippen LogP contribution in [0.2, 0.25) is 0 Å². The molecule has 0 saturated heterocycles. The second-order valence-corrected chi connectivity index (χ2v) is 7.87. The van der Waals surface area contributed by atoms with Gasteiger partial charge in [-0.05, 0) is 49.6 Å². The third-order valence-electron chi connectivity index (χ3n) is 4.74. The number of thiazole rings is 1. The van der Waals surface area contributed by atoms with Crippen molar-refractivity contribution in [3.05, 3.63) is 81.1 Å². The standard InChI is InChI=1S/C23H25FN2O2S/c1-4-12-26(23(27)19-9-5-6-10-20(19)24)13-18-15-29-22(25-18)14-28-21-11-7-8-16(2)17(21)3/h5-11,15H,4,12-14H2,1-3H3. The van der Waals surface area contributed by atoms with Gasteiger partial charge in [-0.3, -0.25) is 4.79 Å². The van der Waals surface area contributed by atoms with Crippen LogP contribution in [-0.2, 0) is 13.2 Å². The number of ether oxygens (including phenoxy) is 1. The van der Waals surface area contributed by atoms with E-state index in [0.717, 1.165) is 28.4 Å². The van der Waals surface area contributed by atoms with E-state index in [9.17, 15) is 9.18 Å². The van der Waals surface area contributed by atoms with Gasteiger partial charge in [-0.25, -0.2) is 9.37 Å². The molecule has 0 aliphatic carbocycles. The Balaban J connectivity index is 1.67. The number of aromatic nitrogens is 1. The lowest BCUT2D eigenvalue weighted by molar-refractivity contribution is 0.0736. The first-order valence-electron chi connectivity index (χ1n) is 9.65. The summed E-state index contributed by atoms with van der Waals surface area (Å²) in [6.45, 7) is 7.35. The van der Waals surface area contributed by atoms with Gasteiger partial charge < -0.3 is 9.64 Å². The molecule has 0 saturated carbocycles. The number of rotatable bonds is 8. The van der Waals surface area contributed by atoms with E-state index in [-0.39, 0.29) is 11.5 Å². The molecule has 0 bridgehead atoms. The predicted molar refractivity (Wildman–Crippen MR) is 114 cm³/mol. The van der Waals surface area contributed by atoms with Gasteiger partial charge in [0.2, 0.25) is 0 Å². The number of nitrogens with zero attached hydrogens (tertiary/aromatic N) is 2. The Hall–Kier alpha value is -2.73. The van der Waals surface area contributed by atoms with Crippen molar-refractivity contribution in [1.82, 2.24) is 9.88 Å². The van der Waals surface area contributed by atoms with Gasteiger partial charge in [-0.1, -0.05) is 31.2 Å². The largest absolute Gasteiger partial charge is 0.486 e. The van der Waals surface area contributed by atoms with E-state index in [2.05, 4.69) is 18.0 Å². The summed E-state index contributed by atoms with van der Waals surface area (Å²) in [4.78, 5) is 19.0. The van der Waals surface area contributed by atoms with Crippen LogP contribution < -0.4 is 4.74 Å². The molecule has 152 valence electrons. The van der Waals surface area contributed by atoms with Gasteiger partial charge >= 0.3 is 0 Å². The number of halogens is 1. The van der Waals surface area contributed by atoms with Crippen LogP contribution in [-0.4, -0.2) is 22.3 Å². The van der Waals surface area contributed by atoms with Crippen LogP contribution in [0.5, 0.6) is 5.75 Å². The van der Waals surface area contributed by atoms with E-state index in [1.807, 2.05) is 31.4 Å². The molecule has 4 nitrogen and oxygen atoms in total. The molecule has 6 heteroatoms. The quantitative estimate of drug-likeness (QED) is 0.488. The van der Waals surface area contributed by atoms with E-state index in [4.69, 9.17) is 4.74 Å². The van der Waals surface area contributed by atoms with Gasteiger partial charge in [0, 0.05) is 11.9 Å². The van der Waals surface area contributed by atoms with Gasteiger partial charge in [0.15, 0.2) is 0 Å². The zero-order valence-electron chi connectivity index (χ0n) is 16.9. The first-order chi connectivity index (χ1) is 14.0. The van der Waals surface area contributed by atoms with Crippen molar-refractivity contribution in [2.24, 2.45) is 0 Å². The Morgan fingerprint density at radius 2 is 1.97 bits per heavy atom. The summed E-state index contributed by atoms with van der Waals surface area (Å²) in [5, 5.41) is 2.77. The van der Waals surface area contributed by atoms with Crippen molar-refractivity contribution in [2.75, 3.05) is 6.54 Å². The summed E-state index contributed by atoms with van der Waals surface area (Å²) in [6, 6.07) is 12.1. The van der Waals surface area contributed by atoms with Crippen LogP contribution in [0.4, 0.5) is 4.39 Å². The first kappa shape index (κ1) is 21.0. The highest BCUT2D eigenvalue weighted by atomic mass is 32.1. The zero-order valence-corrected chi connectivity index (χ0v) is 17.8. The van der Waals surface area contributed by atoms with Crippen molar-refractivity contribution in [3.8, 4) is 5.75 Å². The molecule has 3 aromatic rings. The summed E-state index contributed by atoms with van der Waals surface area (Å²) >= 11 is 1.50. The highest BCUT2D eigenvalue weighted by Gasteiger charge is 2.19. The molecule has 1 aromatic heterocycles. The number of benzene rings is 2. The molecular formula is C23H25FN2O2S. The Morgan fingerprint density at radius 3 is 2.72 bits per heavy atom. The normalized spacial score (nSPS) is 10.8. The number of carbonyl (C=O) groups is 1. The van der Waals surface area contributed by atoms with E-state index in [1.165, 1.54) is 29.0 Å². The molecule has 0 aliphatic heterocycles. The molecule has 3 rings (SSSR count). The molecule has 0 atom stereocenters. The average molecular weight is 413 g/mol. The van der Waals surface area contributed by atoms with Crippen molar-refractivity contribution in [3.63, 3.8) is 0 Å². The van der Waals surface area contributed by atoms with E-state index < -0.39 is 5.82 Å². The Morgan fingerprint density at radius 1 is 1.17 bits per heavy atom. The third-order valence-corrected chi connectivity index (χ3v) is 5.61. The highest BCUT2D eigenvalue weighted by molar-refractivity contribution is 7.09. The molecule has 1 heterocycles. The van der Waals surface area contributed by atoms with Gasteiger partial charge in [0.1, 0.15) is 23.2 Å². The van der Waals surface area contributed by atoms with Crippen molar-refractivity contribution in [2.45, 2.75) is 40.3 Å². The van der Waals surface area contributed by atoms with Crippen molar-refractivity contribution >= 4 is 17.2 Å². The molecule has 0 unspecified atom stereocenters. The minimum Gasteiger partial charge on any atom is -0.486 e. The molecule has 0 N–H and O–H groups in total. The minimum atomic E-state index is -0.500. The van der Waals surface area contributed by atoms with Crippen LogP contribution in [0.15, 0.2) is 47.8 Å². The number of aryl methyl sites for hydroxylation is 1. The summed E-state index contributed by atoms with van der Waals surface area (Å²) in [5.41, 5.74) is 3.18. The third kappa shape index (κ3) is 5.21. The summed E-state index contributed by atoms with van der Waals surface area (Å²) in [5.74, 6) is 0.0368. The molecule has 0 spiro atoms. The second-order valence-electron chi connectivity index (χ2n) is 6.93. The average Bonchev–Trinajstić information content (AvgIpc) is 3.16. The lowest BCUT2D eigenvalue weighted by Gasteiger charge is -2.21. The Kier molecular flexibility index (Phi) is 6.99. The summed E-state index contributed by atoms with van der Waals surface area (Å²) in [6.07, 6.45) is 0.785. The topological polar surface area (TPSA) is 42.4 Å². The van der Waals surface area contributed by atoms with Crippen LogP contribution in [0.25, 0.3) is 0 Å². The number of hydrogen-bond donors (Lipinski definition) is 0. The second kappa shape index (κ2) is 9.65. The van der Waals surface area contributed by atoms with Crippen LogP contribution in [0, 0.1) is 19.7 Å². The smallest absolute Gasteiger partial charge is 0.257 e. The van der Waals surface area contributed by atoms with Crippen LogP contribution in [0.3, 0.4) is 0 Å². The monoisotopic (exact) mass is 412 g/mol. The molecular weight excluding hydrogens is 387 g/mol. The SMILES string of the molecule is CCCN(Cc1csc(COc2cccc(C)c2C)n1)C(=O)c1ccccc1F. The molecule has 1 amide bonds. The van der Waals surface area contributed by atoms with Crippen molar-refractivity contribution < 1.29 is 13.9 Å². The fourth-order valence-electron chi connectivity index (χ4n) is 3.03. The van der Waals surface area contributed by atoms with Crippen LogP contribution >= 0.6 is 11.3 Å². The lowest BCUT2D eigenvalue weighted by atomic mass is 10.1. The maximum absolute atomic E-state index is 14.0. The number of carbonyl (C=O) groups excluding carboxylic acids is 1. The van der Waals surface area contributed by atoms with E-state index in [0.29, 0.717) is 19.7 Å². The van der Waals surface area contributed by atoms with Gasteiger partial charge in [-0.15, -0.1) is 11.3 Å². The minimum absolute atomic E-state index is 0.0923. The summed E-state index contributed by atoms with van der Waals surface area (Å²) in [7, 11) is 0. The Labute approximate surface area is 175 Å². The maximum Gasteiger partial charge on any atom is 0.257 e. The molecule has 2 aromatic carbocycles. The zero-order chi connectivity index (χ0) is 20.8. The van der Waals surface area contributed by atoms with Gasteiger partial charge in [0.05, 0.1) is 17.8 Å². The molecule has 0 radical (unpaired) electrons. The summed E-state index contributed by atoms with van der Waals surface area (Å²) < 4.78 is 19.9. The Bertz CT molecular complexity index is 987. The van der Waals surface area contributed by atoms with Crippen molar-refractivity contribution in [1.29, 1.82) is 0 Å². The molecule has 29 heavy (non-hydrogen) atoms. The highest BCUT2D eigenvalue weighted by Crippen LogP contribution is 2.23. The maximum atomic E-state index is 14.0. The van der Waals surface area contributed by atoms with Gasteiger partial charge in [-0.2, -0.15) is 0 Å². The number of hydrogen-bond acceptors (Lipinski definition) is 4. The van der Waals surface area contributed by atoms with E-state index >= 15 is 0 Å². The fourth-order valence-corrected chi connectivity index (χ4v) is 3.73. The first-order valence-corrected chi connectivity index (χ1v) is 10.5. The number of amides is 1. The fraction of sp³-hybridized carbons (Fsp3) is 0.304. The van der Waals surface area contributed by atoms with Crippen LogP contribution in [0.1, 0.15) is 45.5 Å². The van der Waals surface area contributed by atoms with Gasteiger partial charge in [0.25, 0.3) is 5.91 Å².